The van der Waals surface area contributed by atoms with Crippen LogP contribution in [0.4, 0.5) is 5.69 Å². The number of rotatable bonds is 6. The normalized spacial score (nSPS) is 22.4. The summed E-state index contributed by atoms with van der Waals surface area (Å²) in [5.41, 5.74) is 0.692. The van der Waals surface area contributed by atoms with E-state index in [1.165, 1.54) is 17.7 Å². The Bertz CT molecular complexity index is 525. The number of anilines is 1. The fraction of sp³-hybridized carbons (Fsp3) is 0.529. The lowest BCUT2D eigenvalue weighted by Crippen LogP contribution is -2.43. The molecule has 1 aromatic rings. The lowest BCUT2D eigenvalue weighted by molar-refractivity contribution is -0.123. The third kappa shape index (κ3) is 3.00. The molecule has 0 N–H and O–H groups in total. The van der Waals surface area contributed by atoms with Crippen LogP contribution in [0.3, 0.4) is 0 Å². The van der Waals surface area contributed by atoms with Crippen LogP contribution in [0.5, 0.6) is 0 Å². The van der Waals surface area contributed by atoms with Crippen molar-refractivity contribution >= 4 is 17.5 Å². The molecule has 0 unspecified atom stereocenters. The molecule has 21 heavy (non-hydrogen) atoms. The van der Waals surface area contributed by atoms with Gasteiger partial charge >= 0.3 is 0 Å². The number of nitrogens with zero attached hydrogens (tertiary/aromatic N) is 2. The van der Waals surface area contributed by atoms with E-state index in [1.807, 2.05) is 30.3 Å². The van der Waals surface area contributed by atoms with Gasteiger partial charge in [-0.1, -0.05) is 25.1 Å². The van der Waals surface area contributed by atoms with Crippen molar-refractivity contribution in [3.8, 4) is 0 Å². The van der Waals surface area contributed by atoms with E-state index in [0.717, 1.165) is 25.4 Å². The van der Waals surface area contributed by atoms with Crippen molar-refractivity contribution < 1.29 is 9.59 Å². The Kier molecular flexibility index (Phi) is 4.06. The maximum atomic E-state index is 12.7. The van der Waals surface area contributed by atoms with Gasteiger partial charge < -0.3 is 0 Å². The first kappa shape index (κ1) is 14.3. The van der Waals surface area contributed by atoms with Crippen LogP contribution in [0.15, 0.2) is 30.3 Å². The van der Waals surface area contributed by atoms with E-state index in [0.29, 0.717) is 12.1 Å². The van der Waals surface area contributed by atoms with E-state index in [-0.39, 0.29) is 17.9 Å². The number of imide groups is 1. The number of carbonyl (C=O) groups is 2. The molecule has 4 heteroatoms. The van der Waals surface area contributed by atoms with Crippen LogP contribution in [0.2, 0.25) is 0 Å². The Morgan fingerprint density at radius 2 is 1.90 bits per heavy atom. The van der Waals surface area contributed by atoms with E-state index < -0.39 is 0 Å². The van der Waals surface area contributed by atoms with Crippen LogP contribution in [-0.4, -0.2) is 35.8 Å². The molecule has 2 amide bonds. The summed E-state index contributed by atoms with van der Waals surface area (Å²) in [6, 6.07) is 8.99. The van der Waals surface area contributed by atoms with E-state index in [2.05, 4.69) is 11.8 Å². The van der Waals surface area contributed by atoms with Gasteiger partial charge in [-0.25, -0.2) is 4.90 Å². The van der Waals surface area contributed by atoms with Gasteiger partial charge in [0.25, 0.3) is 5.91 Å². The summed E-state index contributed by atoms with van der Waals surface area (Å²) >= 11 is 0. The lowest BCUT2D eigenvalue weighted by Gasteiger charge is -2.26. The van der Waals surface area contributed by atoms with E-state index >= 15 is 0 Å². The second kappa shape index (κ2) is 5.98. The van der Waals surface area contributed by atoms with Gasteiger partial charge in [0.2, 0.25) is 5.91 Å². The predicted octanol–water partition coefficient (Wildman–Crippen LogP) is 2.44. The molecule has 1 aliphatic carbocycles. The minimum atomic E-state index is -0.266. The second-order valence-electron chi connectivity index (χ2n) is 6.06. The largest absolute Gasteiger partial charge is 0.291 e. The number of amides is 2. The minimum absolute atomic E-state index is 0.0553. The molecular weight excluding hydrogens is 264 g/mol. The first-order valence-corrected chi connectivity index (χ1v) is 7.86. The first-order valence-electron chi connectivity index (χ1n) is 7.86. The molecule has 1 aromatic carbocycles. The average molecular weight is 286 g/mol. The van der Waals surface area contributed by atoms with Crippen LogP contribution in [0.1, 0.15) is 32.6 Å². The van der Waals surface area contributed by atoms with Crippen LogP contribution in [0.25, 0.3) is 0 Å². The highest BCUT2D eigenvalue weighted by atomic mass is 16.2. The first-order chi connectivity index (χ1) is 10.2. The minimum Gasteiger partial charge on any atom is -0.291 e. The van der Waals surface area contributed by atoms with Gasteiger partial charge in [-0.3, -0.25) is 14.5 Å². The zero-order valence-electron chi connectivity index (χ0n) is 12.5. The monoisotopic (exact) mass is 286 g/mol. The summed E-state index contributed by atoms with van der Waals surface area (Å²) in [6.45, 7) is 3.97. The average Bonchev–Trinajstić information content (AvgIpc) is 3.24. The smallest absolute Gasteiger partial charge is 0.251 e. The van der Waals surface area contributed by atoms with Crippen molar-refractivity contribution in [3.63, 3.8) is 0 Å². The summed E-state index contributed by atoms with van der Waals surface area (Å²) < 4.78 is 0. The van der Waals surface area contributed by atoms with Crippen molar-refractivity contribution in [1.29, 1.82) is 0 Å². The Labute approximate surface area is 125 Å². The summed E-state index contributed by atoms with van der Waals surface area (Å²) in [4.78, 5) is 28.6. The summed E-state index contributed by atoms with van der Waals surface area (Å²) in [5.74, 6) is 0.596. The molecule has 3 rings (SSSR count). The SMILES string of the molecule is CCCN(CC1CC1)[C@@H]1CC(=O)N(c2ccccc2)C1=O. The molecule has 1 atom stereocenters. The van der Waals surface area contributed by atoms with Gasteiger partial charge in [0.15, 0.2) is 0 Å². The van der Waals surface area contributed by atoms with Crippen molar-refractivity contribution in [2.24, 2.45) is 5.92 Å². The summed E-state index contributed by atoms with van der Waals surface area (Å²) in [7, 11) is 0. The van der Waals surface area contributed by atoms with Gasteiger partial charge in [-0.2, -0.15) is 0 Å². The maximum Gasteiger partial charge on any atom is 0.251 e. The molecule has 0 radical (unpaired) electrons. The van der Waals surface area contributed by atoms with Crippen molar-refractivity contribution in [2.45, 2.75) is 38.6 Å². The Balaban J connectivity index is 1.78. The molecule has 4 nitrogen and oxygen atoms in total. The topological polar surface area (TPSA) is 40.6 Å². The van der Waals surface area contributed by atoms with Crippen LogP contribution >= 0.6 is 0 Å². The number of benzene rings is 1. The van der Waals surface area contributed by atoms with Crippen molar-refractivity contribution in [3.05, 3.63) is 30.3 Å². The zero-order chi connectivity index (χ0) is 14.8. The number of hydrogen-bond acceptors (Lipinski definition) is 3. The highest BCUT2D eigenvalue weighted by molar-refractivity contribution is 6.22. The standard InChI is InChI=1S/C17H22N2O2/c1-2-10-18(12-13-8-9-13)15-11-16(20)19(17(15)21)14-6-4-3-5-7-14/h3-7,13,15H,2,8-12H2,1H3/t15-/m1/s1. The van der Waals surface area contributed by atoms with Crippen molar-refractivity contribution in [1.82, 2.24) is 4.90 Å². The van der Waals surface area contributed by atoms with E-state index in [1.54, 1.807) is 0 Å². The molecule has 112 valence electrons. The molecule has 0 aromatic heterocycles. The Hall–Kier alpha value is -1.68. The highest BCUT2D eigenvalue weighted by Crippen LogP contribution is 2.32. The molecular formula is C17H22N2O2. The molecule has 0 bridgehead atoms. The van der Waals surface area contributed by atoms with Crippen LogP contribution < -0.4 is 4.90 Å². The quantitative estimate of drug-likeness (QED) is 0.754. The molecule has 1 aliphatic heterocycles. The molecule has 1 saturated heterocycles. The third-order valence-electron chi connectivity index (χ3n) is 4.28. The highest BCUT2D eigenvalue weighted by Gasteiger charge is 2.43. The van der Waals surface area contributed by atoms with Gasteiger partial charge in [-0.15, -0.1) is 0 Å². The molecule has 1 heterocycles. The fourth-order valence-corrected chi connectivity index (χ4v) is 3.04. The maximum absolute atomic E-state index is 12.7. The third-order valence-corrected chi connectivity index (χ3v) is 4.28. The molecule has 1 saturated carbocycles. The number of carbonyl (C=O) groups excluding carboxylic acids is 2. The van der Waals surface area contributed by atoms with Crippen LogP contribution in [0, 0.1) is 5.92 Å². The van der Waals surface area contributed by atoms with E-state index in [9.17, 15) is 9.59 Å². The summed E-state index contributed by atoms with van der Waals surface area (Å²) in [5, 5.41) is 0. The van der Waals surface area contributed by atoms with Crippen molar-refractivity contribution in [2.75, 3.05) is 18.0 Å². The molecule has 2 fully saturated rings. The zero-order valence-corrected chi connectivity index (χ0v) is 12.5. The van der Waals surface area contributed by atoms with Gasteiger partial charge in [0, 0.05) is 6.54 Å². The number of hydrogen-bond donors (Lipinski definition) is 0. The lowest BCUT2D eigenvalue weighted by atomic mass is 10.2. The summed E-state index contributed by atoms with van der Waals surface area (Å²) in [6.07, 6.45) is 3.85. The second-order valence-corrected chi connectivity index (χ2v) is 6.06. The van der Waals surface area contributed by atoms with Gasteiger partial charge in [-0.05, 0) is 43.9 Å². The van der Waals surface area contributed by atoms with E-state index in [4.69, 9.17) is 0 Å². The predicted molar refractivity (Wildman–Crippen MR) is 81.9 cm³/mol. The van der Waals surface area contributed by atoms with Crippen LogP contribution in [-0.2, 0) is 9.59 Å². The molecule has 2 aliphatic rings. The molecule has 0 spiro atoms. The Morgan fingerprint density at radius 3 is 2.52 bits per heavy atom. The number of para-hydroxylation sites is 1. The van der Waals surface area contributed by atoms with Gasteiger partial charge in [0.1, 0.15) is 0 Å². The Morgan fingerprint density at radius 1 is 1.19 bits per heavy atom. The fourth-order valence-electron chi connectivity index (χ4n) is 3.04. The van der Waals surface area contributed by atoms with Gasteiger partial charge in [0.05, 0.1) is 18.2 Å².